The minimum atomic E-state index is -0.0712. The third kappa shape index (κ3) is 5.18. The zero-order chi connectivity index (χ0) is 27.1. The van der Waals surface area contributed by atoms with Gasteiger partial charge in [-0.05, 0) is 112 Å². The molecule has 0 spiro atoms. The van der Waals surface area contributed by atoms with Crippen molar-refractivity contribution in [1.29, 1.82) is 0 Å². The van der Waals surface area contributed by atoms with Gasteiger partial charge < -0.3 is 9.72 Å². The average Bonchev–Trinajstić information content (AvgIpc) is 3.44. The number of carbonyl (C=O) groups excluding carboxylic acids is 1. The summed E-state index contributed by atoms with van der Waals surface area (Å²) in [5.41, 5.74) is 5.76. The zero-order valence-electron chi connectivity index (χ0n) is 24.8. The highest BCUT2D eigenvalue weighted by Crippen LogP contribution is 2.67. The summed E-state index contributed by atoms with van der Waals surface area (Å²) in [7, 11) is 0. The second-order valence-corrected chi connectivity index (χ2v) is 14.1. The number of carbonyl (C=O) groups is 1. The van der Waals surface area contributed by atoms with E-state index in [1.807, 2.05) is 6.92 Å². The Hall–Kier alpha value is -1.84. The Morgan fingerprint density at radius 2 is 2.00 bits per heavy atom. The molecule has 0 amide bonds. The number of aromatic nitrogens is 2. The number of nitrogens with one attached hydrogen (secondary N) is 1. The van der Waals surface area contributed by atoms with E-state index in [2.05, 4.69) is 50.3 Å². The van der Waals surface area contributed by atoms with Crippen LogP contribution in [0.4, 0.5) is 0 Å². The Labute approximate surface area is 231 Å². The molecule has 38 heavy (non-hydrogen) atoms. The number of aryl methyl sites for hydroxylation is 2. The van der Waals surface area contributed by atoms with Gasteiger partial charge in [-0.25, -0.2) is 4.98 Å². The number of H-pyrrole nitrogens is 1. The lowest BCUT2D eigenvalue weighted by molar-refractivity contribution is -0.151. The lowest BCUT2D eigenvalue weighted by Gasteiger charge is -2.58. The number of fused-ring (bicyclic) bond motifs is 5. The topological polar surface area (TPSA) is 55.0 Å². The van der Waals surface area contributed by atoms with Gasteiger partial charge >= 0.3 is 5.97 Å². The number of rotatable bonds is 9. The number of imidazole rings is 1. The van der Waals surface area contributed by atoms with Crippen LogP contribution in [-0.4, -0.2) is 22.0 Å². The lowest BCUT2D eigenvalue weighted by atomic mass is 9.47. The molecule has 0 radical (unpaired) electrons. The number of nitrogens with zero attached hydrogens (tertiary/aromatic N) is 1. The molecule has 0 saturated heterocycles. The molecule has 0 aliphatic heterocycles. The molecule has 8 atom stereocenters. The standard InChI is InChI=1S/C34H52N2O2/c1-22(2)8-7-9-23(3)28-12-13-29-27-11-10-25-20-26(38-32(37)15-14-31-24(4)35-21-36-31)16-18-33(25,5)30(27)17-19-34(28,29)6/h10,21,23,26-30H,1,7-9,11-20H2,2-6H3,(H,35,36)/t23?,26-,27?,28?,29?,30?,33?,34?/m0/s1. The first-order valence-electron chi connectivity index (χ1n) is 15.6. The molecule has 1 heterocycles. The molecule has 1 N–H and O–H groups in total. The van der Waals surface area contributed by atoms with Gasteiger partial charge in [0.25, 0.3) is 0 Å². The molecule has 7 unspecified atom stereocenters. The fraction of sp³-hybridized carbons (Fsp3) is 0.765. The summed E-state index contributed by atoms with van der Waals surface area (Å²) in [6.45, 7) is 16.1. The average molecular weight is 521 g/mol. The predicted octanol–water partition coefficient (Wildman–Crippen LogP) is 8.52. The molecule has 4 nitrogen and oxygen atoms in total. The third-order valence-corrected chi connectivity index (χ3v) is 11.9. The third-order valence-electron chi connectivity index (χ3n) is 11.9. The largest absolute Gasteiger partial charge is 0.462 e. The van der Waals surface area contributed by atoms with Crippen LogP contribution in [0.1, 0.15) is 116 Å². The summed E-state index contributed by atoms with van der Waals surface area (Å²) in [5.74, 6) is 4.16. The Morgan fingerprint density at radius 1 is 1.18 bits per heavy atom. The van der Waals surface area contributed by atoms with Gasteiger partial charge in [0, 0.05) is 18.5 Å². The van der Waals surface area contributed by atoms with Crippen LogP contribution in [0, 0.1) is 47.3 Å². The highest BCUT2D eigenvalue weighted by molar-refractivity contribution is 5.70. The van der Waals surface area contributed by atoms with E-state index in [0.29, 0.717) is 23.7 Å². The summed E-state index contributed by atoms with van der Waals surface area (Å²) >= 11 is 0. The van der Waals surface area contributed by atoms with E-state index in [0.717, 1.165) is 53.8 Å². The van der Waals surface area contributed by atoms with Gasteiger partial charge in [0.05, 0.1) is 18.4 Å². The van der Waals surface area contributed by atoms with E-state index in [9.17, 15) is 4.79 Å². The maximum Gasteiger partial charge on any atom is 0.306 e. The number of allylic oxidation sites excluding steroid dienone is 2. The second kappa shape index (κ2) is 11.0. The van der Waals surface area contributed by atoms with Gasteiger partial charge in [0.2, 0.25) is 0 Å². The molecule has 4 aliphatic rings. The smallest absolute Gasteiger partial charge is 0.306 e. The van der Waals surface area contributed by atoms with Crippen molar-refractivity contribution >= 4 is 5.97 Å². The molecule has 3 fully saturated rings. The van der Waals surface area contributed by atoms with E-state index in [4.69, 9.17) is 4.74 Å². The van der Waals surface area contributed by atoms with Crippen molar-refractivity contribution in [2.45, 2.75) is 124 Å². The van der Waals surface area contributed by atoms with E-state index >= 15 is 0 Å². The van der Waals surface area contributed by atoms with Crippen LogP contribution < -0.4 is 0 Å². The maximum atomic E-state index is 12.6. The number of ether oxygens (including phenoxy) is 1. The highest BCUT2D eigenvalue weighted by Gasteiger charge is 2.59. The van der Waals surface area contributed by atoms with E-state index in [1.165, 1.54) is 63.4 Å². The summed E-state index contributed by atoms with van der Waals surface area (Å²) in [5, 5.41) is 0. The second-order valence-electron chi connectivity index (χ2n) is 14.1. The summed E-state index contributed by atoms with van der Waals surface area (Å²) < 4.78 is 6.01. The summed E-state index contributed by atoms with van der Waals surface area (Å²) in [6.07, 6.45) is 19.3. The van der Waals surface area contributed by atoms with Crippen molar-refractivity contribution in [3.63, 3.8) is 0 Å². The molecule has 4 aliphatic carbocycles. The molecular formula is C34H52N2O2. The molecule has 210 valence electrons. The monoisotopic (exact) mass is 520 g/mol. The van der Waals surface area contributed by atoms with Gasteiger partial charge in [-0.15, -0.1) is 6.58 Å². The predicted molar refractivity (Wildman–Crippen MR) is 155 cm³/mol. The van der Waals surface area contributed by atoms with Crippen molar-refractivity contribution < 1.29 is 9.53 Å². The van der Waals surface area contributed by atoms with Crippen LogP contribution in [0.25, 0.3) is 0 Å². The fourth-order valence-electron chi connectivity index (χ4n) is 9.73. The van der Waals surface area contributed by atoms with Crippen LogP contribution >= 0.6 is 0 Å². The quantitative estimate of drug-likeness (QED) is 0.262. The van der Waals surface area contributed by atoms with Crippen molar-refractivity contribution in [1.82, 2.24) is 9.97 Å². The Balaban J connectivity index is 1.20. The first kappa shape index (κ1) is 27.7. The molecular weight excluding hydrogens is 468 g/mol. The SMILES string of the molecule is C=C(C)CCCC(C)C1CCC2C3CC=C4C[C@@H](OC(=O)CCc5nc[nH]c5C)CCC4(C)C3CCC12C. The molecule has 1 aromatic rings. The highest BCUT2D eigenvalue weighted by atomic mass is 16.5. The number of esters is 1. The molecule has 1 aromatic heterocycles. The minimum Gasteiger partial charge on any atom is -0.462 e. The van der Waals surface area contributed by atoms with E-state index in [1.54, 1.807) is 11.9 Å². The number of aromatic amines is 1. The van der Waals surface area contributed by atoms with Gasteiger partial charge in [0.1, 0.15) is 6.10 Å². The van der Waals surface area contributed by atoms with Gasteiger partial charge in [-0.3, -0.25) is 4.79 Å². The summed E-state index contributed by atoms with van der Waals surface area (Å²) in [6, 6.07) is 0. The van der Waals surface area contributed by atoms with Crippen LogP contribution in [0.3, 0.4) is 0 Å². The lowest BCUT2D eigenvalue weighted by Crippen LogP contribution is -2.51. The normalized spacial score (nSPS) is 37.0. The molecule has 4 heteroatoms. The van der Waals surface area contributed by atoms with Crippen molar-refractivity contribution in [3.8, 4) is 0 Å². The molecule has 5 rings (SSSR count). The van der Waals surface area contributed by atoms with Crippen LogP contribution in [0.2, 0.25) is 0 Å². The summed E-state index contributed by atoms with van der Waals surface area (Å²) in [4.78, 5) is 20.1. The van der Waals surface area contributed by atoms with Crippen LogP contribution in [-0.2, 0) is 16.0 Å². The fourth-order valence-corrected chi connectivity index (χ4v) is 9.73. The van der Waals surface area contributed by atoms with Gasteiger partial charge in [-0.1, -0.05) is 44.4 Å². The van der Waals surface area contributed by atoms with E-state index in [-0.39, 0.29) is 12.1 Å². The van der Waals surface area contributed by atoms with Crippen molar-refractivity contribution in [2.24, 2.45) is 40.4 Å². The Bertz CT molecular complexity index is 1050. The van der Waals surface area contributed by atoms with Gasteiger partial charge in [0.15, 0.2) is 0 Å². The van der Waals surface area contributed by atoms with Gasteiger partial charge in [-0.2, -0.15) is 0 Å². The number of hydrogen-bond acceptors (Lipinski definition) is 3. The maximum absolute atomic E-state index is 12.6. The van der Waals surface area contributed by atoms with Crippen LogP contribution in [0.5, 0.6) is 0 Å². The first-order chi connectivity index (χ1) is 18.1. The first-order valence-corrected chi connectivity index (χ1v) is 15.6. The molecule has 0 bridgehead atoms. The Morgan fingerprint density at radius 3 is 2.74 bits per heavy atom. The Kier molecular flexibility index (Phi) is 8.00. The van der Waals surface area contributed by atoms with Crippen LogP contribution in [0.15, 0.2) is 30.1 Å². The van der Waals surface area contributed by atoms with Crippen molar-refractivity contribution in [3.05, 3.63) is 41.5 Å². The number of hydrogen-bond donors (Lipinski definition) is 1. The van der Waals surface area contributed by atoms with Crippen molar-refractivity contribution in [2.75, 3.05) is 0 Å². The zero-order valence-corrected chi connectivity index (χ0v) is 24.8. The molecule has 3 saturated carbocycles. The minimum absolute atomic E-state index is 0.0448. The van der Waals surface area contributed by atoms with E-state index < -0.39 is 0 Å². The molecule has 0 aromatic carbocycles.